The standard InChI is InChI=1S/C43H58N4O12/c1-21-12-11-13-22(2)42(55)45-33-28(20-44-47-17-15-46(9)16-18-47)37(52)30-31(38(33)53)36(51)26(6)40-32(30)41(54)43(8,59-40)57-19-14-29(56-10)23(3)39(58-27(7)48)25(5)35(50)24(4)34(21)49/h11-14,19-21,23-25,29,34-35,39,49-53H,15-18H2,1-10H3,(H,45,55)/b12-11+,19-14+,22-13?,44-20+/t21-,23+,24+,25+,29-,34-,35+,39+,43-/m0/s1. The highest BCUT2D eigenvalue weighted by Gasteiger charge is 2.50. The molecule has 6 rings (SSSR count). The molecular weight excluding hydrogens is 764 g/mol. The summed E-state index contributed by atoms with van der Waals surface area (Å²) in [6.07, 6.45) is 4.86. The Morgan fingerprint density at radius 1 is 0.949 bits per heavy atom. The Morgan fingerprint density at radius 2 is 1.61 bits per heavy atom. The van der Waals surface area contributed by atoms with E-state index >= 15 is 0 Å². The zero-order valence-corrected chi connectivity index (χ0v) is 35.3. The maximum atomic E-state index is 14.4. The molecule has 1 saturated heterocycles. The number of aliphatic hydroxyl groups is 2. The van der Waals surface area contributed by atoms with Crippen LogP contribution in [0.25, 0.3) is 10.8 Å². The SMILES string of the molecule is CO[C@H]1/C=C/O[C@@]2(C)Oc3c(C)c(O)c4c(O)c(c(/C=N/N5CCN(C)CC5)c(O)c4c3C2=O)NC(=O)C(C)=C/C=C/[C@H](C)[C@H](O)[C@@H](C)[C@@H](O)[C@@H](C)[C@H](OC(C)=O)[C@@H]1C. The predicted octanol–water partition coefficient (Wildman–Crippen LogP) is 4.34. The number of rotatable bonds is 4. The zero-order chi connectivity index (χ0) is 43.7. The van der Waals surface area contributed by atoms with Gasteiger partial charge in [-0.1, -0.05) is 45.9 Å². The lowest BCUT2D eigenvalue weighted by molar-refractivity contribution is -0.160. The van der Waals surface area contributed by atoms with Crippen molar-refractivity contribution in [2.24, 2.45) is 28.8 Å². The van der Waals surface area contributed by atoms with Crippen LogP contribution in [0.1, 0.15) is 70.0 Å². The summed E-state index contributed by atoms with van der Waals surface area (Å²) in [6.45, 7) is 15.1. The summed E-state index contributed by atoms with van der Waals surface area (Å²) in [7, 11) is 3.42. The van der Waals surface area contributed by atoms with Gasteiger partial charge in [-0.15, -0.1) is 0 Å². The van der Waals surface area contributed by atoms with Crippen molar-refractivity contribution in [3.8, 4) is 23.0 Å². The van der Waals surface area contributed by atoms with Crippen LogP contribution in [-0.4, -0.2) is 130 Å². The zero-order valence-electron chi connectivity index (χ0n) is 35.3. The number of ketones is 1. The van der Waals surface area contributed by atoms with E-state index in [1.54, 1.807) is 44.9 Å². The van der Waals surface area contributed by atoms with Gasteiger partial charge < -0.3 is 54.7 Å². The minimum absolute atomic E-state index is 0.0559. The Bertz CT molecular complexity index is 2070. The highest BCUT2D eigenvalue weighted by molar-refractivity contribution is 6.23. The third-order valence-corrected chi connectivity index (χ3v) is 11.9. The first-order valence-corrected chi connectivity index (χ1v) is 19.8. The fourth-order valence-corrected chi connectivity index (χ4v) is 7.92. The van der Waals surface area contributed by atoms with Gasteiger partial charge in [-0.3, -0.25) is 19.4 Å². The van der Waals surface area contributed by atoms with Crippen molar-refractivity contribution < 1.29 is 58.9 Å². The number of ether oxygens (including phenoxy) is 4. The van der Waals surface area contributed by atoms with Crippen molar-refractivity contribution >= 4 is 40.3 Å². The number of aliphatic hydroxyl groups excluding tert-OH is 2. The van der Waals surface area contributed by atoms with Crippen LogP contribution in [0.15, 0.2) is 41.2 Å². The molecule has 0 aromatic heterocycles. The second-order valence-corrected chi connectivity index (χ2v) is 16.1. The van der Waals surface area contributed by atoms with Crippen LogP contribution in [0.2, 0.25) is 0 Å². The number of Topliss-reactive ketones (excluding diaryl/α,β-unsaturated/α-hetero) is 1. The number of methoxy groups -OCH3 is 1. The monoisotopic (exact) mass is 822 g/mol. The number of hydrazone groups is 1. The molecule has 16 nitrogen and oxygen atoms in total. The van der Waals surface area contributed by atoms with Crippen molar-refractivity contribution in [1.29, 1.82) is 0 Å². The van der Waals surface area contributed by atoms with Gasteiger partial charge in [-0.05, 0) is 27.0 Å². The molecule has 4 heterocycles. The molecule has 5 bridgehead atoms. The first-order valence-electron chi connectivity index (χ1n) is 19.8. The average molecular weight is 823 g/mol. The van der Waals surface area contributed by atoms with Crippen LogP contribution >= 0.6 is 0 Å². The van der Waals surface area contributed by atoms with Gasteiger partial charge in [0.15, 0.2) is 5.75 Å². The van der Waals surface area contributed by atoms with Crippen LogP contribution < -0.4 is 10.1 Å². The number of carbonyl (C=O) groups excluding carboxylic acids is 3. The molecule has 2 aromatic carbocycles. The van der Waals surface area contributed by atoms with Gasteiger partial charge in [0.2, 0.25) is 0 Å². The Labute approximate surface area is 344 Å². The first-order chi connectivity index (χ1) is 27.7. The number of aromatic hydroxyl groups is 3. The number of phenolic OH excluding ortho intramolecular Hbond substituents is 3. The first kappa shape index (κ1) is 44.9. The van der Waals surface area contributed by atoms with E-state index in [1.165, 1.54) is 59.4 Å². The second-order valence-electron chi connectivity index (χ2n) is 16.1. The van der Waals surface area contributed by atoms with Gasteiger partial charge in [0.05, 0.1) is 53.0 Å². The van der Waals surface area contributed by atoms with E-state index in [1.807, 2.05) is 7.05 Å². The van der Waals surface area contributed by atoms with E-state index in [9.17, 15) is 39.9 Å². The second kappa shape index (κ2) is 18.0. The van der Waals surface area contributed by atoms with Crippen LogP contribution in [-0.2, 0) is 23.8 Å². The Kier molecular flexibility index (Phi) is 13.7. The molecule has 4 aliphatic rings. The maximum Gasteiger partial charge on any atom is 0.312 e. The van der Waals surface area contributed by atoms with Gasteiger partial charge in [0.25, 0.3) is 11.7 Å². The van der Waals surface area contributed by atoms with Gasteiger partial charge in [-0.2, -0.15) is 5.10 Å². The molecule has 0 radical (unpaired) electrons. The minimum Gasteiger partial charge on any atom is -0.507 e. The van der Waals surface area contributed by atoms with Gasteiger partial charge in [0, 0.05) is 87.3 Å². The summed E-state index contributed by atoms with van der Waals surface area (Å²) in [5.74, 6) is -8.34. The molecule has 4 aliphatic heterocycles. The van der Waals surface area contributed by atoms with Gasteiger partial charge >= 0.3 is 11.8 Å². The van der Waals surface area contributed by atoms with Crippen LogP contribution in [0, 0.1) is 30.6 Å². The predicted molar refractivity (Wildman–Crippen MR) is 220 cm³/mol. The number of anilines is 1. The number of fused-ring (bicyclic) bond motifs is 14. The van der Waals surface area contributed by atoms with Gasteiger partial charge in [-0.25, -0.2) is 0 Å². The maximum absolute atomic E-state index is 14.4. The third kappa shape index (κ3) is 8.91. The summed E-state index contributed by atoms with van der Waals surface area (Å²) >= 11 is 0. The Morgan fingerprint density at radius 3 is 2.24 bits per heavy atom. The van der Waals surface area contributed by atoms with E-state index < -0.39 is 88.8 Å². The summed E-state index contributed by atoms with van der Waals surface area (Å²) < 4.78 is 23.6. The molecule has 1 fully saturated rings. The van der Waals surface area contributed by atoms with Crippen molar-refractivity contribution in [3.63, 3.8) is 0 Å². The van der Waals surface area contributed by atoms with Crippen LogP contribution in [0.3, 0.4) is 0 Å². The third-order valence-electron chi connectivity index (χ3n) is 11.9. The van der Waals surface area contributed by atoms with E-state index in [-0.39, 0.29) is 44.5 Å². The molecule has 1 amide bonds. The highest BCUT2D eigenvalue weighted by atomic mass is 16.7. The lowest BCUT2D eigenvalue weighted by Gasteiger charge is -2.38. The van der Waals surface area contributed by atoms with E-state index in [4.69, 9.17) is 18.9 Å². The van der Waals surface area contributed by atoms with Crippen molar-refractivity contribution in [2.75, 3.05) is 45.7 Å². The fraction of sp³-hybridized carbons (Fsp3) is 0.535. The number of hydrogen-bond donors (Lipinski definition) is 6. The molecule has 9 atom stereocenters. The van der Waals surface area contributed by atoms with Crippen molar-refractivity contribution in [2.45, 2.75) is 85.6 Å². The molecule has 16 heteroatoms. The topological polar surface area (TPSA) is 220 Å². The molecule has 0 unspecified atom stereocenters. The Hall–Kier alpha value is -5.16. The number of phenols is 3. The molecule has 0 aliphatic carbocycles. The molecule has 2 aromatic rings. The highest BCUT2D eigenvalue weighted by Crippen LogP contribution is 2.55. The number of esters is 1. The number of hydrogen-bond acceptors (Lipinski definition) is 15. The Balaban J connectivity index is 1.70. The quantitative estimate of drug-likeness (QED) is 0.109. The van der Waals surface area contributed by atoms with Crippen molar-refractivity contribution in [3.05, 3.63) is 52.8 Å². The number of piperazine rings is 1. The molecule has 0 saturated carbocycles. The van der Waals surface area contributed by atoms with Gasteiger partial charge in [0.1, 0.15) is 23.4 Å². The number of benzene rings is 2. The molecule has 0 spiro atoms. The number of likely N-dealkylation sites (N-methyl/N-ethyl adjacent to an activating group) is 1. The number of carbonyl (C=O) groups is 3. The molecule has 322 valence electrons. The lowest BCUT2D eigenvalue weighted by Crippen LogP contribution is -2.46. The summed E-state index contributed by atoms with van der Waals surface area (Å²) in [5, 5.41) is 66.8. The molecular formula is C43H58N4O12. The van der Waals surface area contributed by atoms with Crippen molar-refractivity contribution in [1.82, 2.24) is 9.91 Å². The lowest BCUT2D eigenvalue weighted by atomic mass is 9.78. The smallest absolute Gasteiger partial charge is 0.312 e. The number of nitrogens with one attached hydrogen (secondary N) is 1. The number of allylic oxidation sites excluding steroid dienone is 2. The summed E-state index contributed by atoms with van der Waals surface area (Å²) in [6, 6.07) is 0. The number of amides is 1. The molecule has 59 heavy (non-hydrogen) atoms. The number of nitrogens with zero attached hydrogens (tertiary/aromatic N) is 3. The van der Waals surface area contributed by atoms with Crippen LogP contribution in [0.4, 0.5) is 5.69 Å². The summed E-state index contributed by atoms with van der Waals surface area (Å²) in [4.78, 5) is 42.6. The normalized spacial score (nSPS) is 31.2. The molecule has 6 N–H and O–H groups in total. The minimum atomic E-state index is -2.04. The average Bonchev–Trinajstić information content (AvgIpc) is 3.46. The summed E-state index contributed by atoms with van der Waals surface area (Å²) in [5.41, 5.74) is -0.350. The fourth-order valence-electron chi connectivity index (χ4n) is 7.92. The largest absolute Gasteiger partial charge is 0.507 e. The van der Waals surface area contributed by atoms with E-state index in [2.05, 4.69) is 15.3 Å². The van der Waals surface area contributed by atoms with E-state index in [0.29, 0.717) is 13.1 Å². The van der Waals surface area contributed by atoms with Crippen LogP contribution in [0.5, 0.6) is 23.0 Å². The van der Waals surface area contributed by atoms with E-state index in [0.717, 1.165) is 13.1 Å².